The molecule has 2 aliphatic rings. The van der Waals surface area contributed by atoms with Crippen molar-refractivity contribution in [3.8, 4) is 0 Å². The van der Waals surface area contributed by atoms with Crippen LogP contribution < -0.4 is 5.32 Å². The molecule has 6 heteroatoms. The molecule has 2 fully saturated rings. The van der Waals surface area contributed by atoms with Gasteiger partial charge < -0.3 is 10.2 Å². The molecule has 1 saturated carbocycles. The first kappa shape index (κ1) is 12.7. The minimum Gasteiger partial charge on any atom is -0.323 e. The van der Waals surface area contributed by atoms with Gasteiger partial charge in [-0.2, -0.15) is 0 Å². The first-order valence-corrected chi connectivity index (χ1v) is 6.83. The van der Waals surface area contributed by atoms with Crippen molar-refractivity contribution in [3.63, 3.8) is 0 Å². The molecule has 1 aliphatic carbocycles. The zero-order valence-electron chi connectivity index (χ0n) is 10.5. The highest BCUT2D eigenvalue weighted by molar-refractivity contribution is 6.29. The molecule has 1 aliphatic heterocycles. The topological polar surface area (TPSA) is 45.2 Å². The van der Waals surface area contributed by atoms with Crippen molar-refractivity contribution in [2.75, 3.05) is 18.4 Å². The number of likely N-dealkylation sites (tertiary alicyclic amines) is 1. The van der Waals surface area contributed by atoms with Crippen LogP contribution in [0.15, 0.2) is 12.3 Å². The van der Waals surface area contributed by atoms with Crippen LogP contribution in [0.4, 0.5) is 14.9 Å². The van der Waals surface area contributed by atoms with Crippen molar-refractivity contribution >= 4 is 23.3 Å². The number of carbonyl (C=O) groups is 1. The summed E-state index contributed by atoms with van der Waals surface area (Å²) in [5, 5.41) is 2.46. The minimum atomic E-state index is -0.629. The number of hydrogen-bond acceptors (Lipinski definition) is 2. The van der Waals surface area contributed by atoms with Gasteiger partial charge in [0.15, 0.2) is 11.0 Å². The molecule has 4 nitrogen and oxygen atoms in total. The van der Waals surface area contributed by atoms with Crippen LogP contribution in [0.2, 0.25) is 5.15 Å². The molecule has 2 heterocycles. The Labute approximate surface area is 115 Å². The number of nitrogens with one attached hydrogen (secondary N) is 1. The van der Waals surface area contributed by atoms with Crippen molar-refractivity contribution in [3.05, 3.63) is 23.2 Å². The smallest absolute Gasteiger partial charge is 0.321 e. The Morgan fingerprint density at radius 1 is 1.42 bits per heavy atom. The van der Waals surface area contributed by atoms with E-state index in [1.165, 1.54) is 37.9 Å². The summed E-state index contributed by atoms with van der Waals surface area (Å²) in [6, 6.07) is 0.985. The third-order valence-corrected chi connectivity index (χ3v) is 4.33. The van der Waals surface area contributed by atoms with Gasteiger partial charge >= 0.3 is 6.03 Å². The molecule has 0 unspecified atom stereocenters. The number of halogens is 2. The van der Waals surface area contributed by atoms with E-state index in [-0.39, 0.29) is 11.2 Å². The molecule has 1 aromatic rings. The summed E-state index contributed by atoms with van der Waals surface area (Å²) in [4.78, 5) is 17.4. The molecule has 0 atom stereocenters. The van der Waals surface area contributed by atoms with Gasteiger partial charge in [0.25, 0.3) is 0 Å². The quantitative estimate of drug-likeness (QED) is 0.804. The lowest BCUT2D eigenvalue weighted by atomic mass is 9.78. The second-order valence-electron chi connectivity index (χ2n) is 5.49. The molecular formula is C13H15ClFN3O. The van der Waals surface area contributed by atoms with Crippen molar-refractivity contribution in [1.82, 2.24) is 9.88 Å². The maximum Gasteiger partial charge on any atom is 0.321 e. The summed E-state index contributed by atoms with van der Waals surface area (Å²) in [5.41, 5.74) is 0.695. The van der Waals surface area contributed by atoms with Gasteiger partial charge in [-0.15, -0.1) is 0 Å². The summed E-state index contributed by atoms with van der Waals surface area (Å²) in [6.45, 7) is 1.62. The zero-order valence-corrected chi connectivity index (χ0v) is 11.2. The highest BCUT2D eigenvalue weighted by Crippen LogP contribution is 2.45. The Kier molecular flexibility index (Phi) is 3.09. The van der Waals surface area contributed by atoms with Gasteiger partial charge in [-0.1, -0.05) is 24.4 Å². The van der Waals surface area contributed by atoms with Crippen LogP contribution in [0.3, 0.4) is 0 Å². The summed E-state index contributed by atoms with van der Waals surface area (Å²) >= 11 is 5.49. The number of urea groups is 1. The van der Waals surface area contributed by atoms with Gasteiger partial charge in [-0.3, -0.25) is 0 Å². The Morgan fingerprint density at radius 2 is 2.11 bits per heavy atom. The highest BCUT2D eigenvalue weighted by atomic mass is 35.5. The molecule has 1 saturated heterocycles. The summed E-state index contributed by atoms with van der Waals surface area (Å²) in [5.74, 6) is -0.629. The van der Waals surface area contributed by atoms with Gasteiger partial charge in [0.1, 0.15) is 0 Å². The average Bonchev–Trinajstić information content (AvgIpc) is 2.81. The van der Waals surface area contributed by atoms with E-state index in [1.807, 2.05) is 0 Å². The van der Waals surface area contributed by atoms with Crippen LogP contribution in [0.5, 0.6) is 0 Å². The third kappa shape index (κ3) is 2.39. The normalized spacial score (nSPS) is 20.4. The molecule has 1 N–H and O–H groups in total. The molecule has 102 valence electrons. The van der Waals surface area contributed by atoms with E-state index >= 15 is 0 Å². The van der Waals surface area contributed by atoms with Crippen LogP contribution in [0, 0.1) is 11.2 Å². The first-order chi connectivity index (χ1) is 9.08. The number of rotatable bonds is 1. The predicted octanol–water partition coefficient (Wildman–Crippen LogP) is 3.28. The number of aromatic nitrogens is 1. The Bertz CT molecular complexity index is 509. The standard InChI is InChI=1S/C13H15ClFN3O/c14-11-10(15)5-9(6-16-11)17-12(19)18-7-13(8-18)3-1-2-4-13/h5-6H,1-4,7-8H2,(H,17,19). The van der Waals surface area contributed by atoms with Gasteiger partial charge in [0.2, 0.25) is 0 Å². The monoisotopic (exact) mass is 283 g/mol. The fourth-order valence-electron chi connectivity index (χ4n) is 3.04. The van der Waals surface area contributed by atoms with E-state index < -0.39 is 5.82 Å². The Hall–Kier alpha value is -1.36. The average molecular weight is 284 g/mol. The minimum absolute atomic E-state index is 0.188. The van der Waals surface area contributed by atoms with Crippen LogP contribution in [-0.2, 0) is 0 Å². The Balaban J connectivity index is 1.58. The van der Waals surface area contributed by atoms with Crippen molar-refractivity contribution in [2.45, 2.75) is 25.7 Å². The van der Waals surface area contributed by atoms with E-state index in [4.69, 9.17) is 11.6 Å². The molecule has 19 heavy (non-hydrogen) atoms. The van der Waals surface area contributed by atoms with E-state index in [9.17, 15) is 9.18 Å². The maximum atomic E-state index is 13.2. The second kappa shape index (κ2) is 4.63. The number of pyridine rings is 1. The van der Waals surface area contributed by atoms with Gasteiger partial charge in [-0.25, -0.2) is 14.2 Å². The van der Waals surface area contributed by atoms with Crippen molar-refractivity contribution in [1.29, 1.82) is 0 Å². The summed E-state index contributed by atoms with van der Waals surface area (Å²) in [6.07, 6.45) is 6.32. The number of amides is 2. The van der Waals surface area contributed by atoms with E-state index in [1.54, 1.807) is 4.90 Å². The van der Waals surface area contributed by atoms with Crippen molar-refractivity contribution < 1.29 is 9.18 Å². The lowest BCUT2D eigenvalue weighted by Gasteiger charge is -2.48. The summed E-state index contributed by atoms with van der Waals surface area (Å²) in [7, 11) is 0. The Morgan fingerprint density at radius 3 is 2.74 bits per heavy atom. The van der Waals surface area contributed by atoms with E-state index in [0.717, 1.165) is 13.1 Å². The molecule has 1 aromatic heterocycles. The van der Waals surface area contributed by atoms with E-state index in [2.05, 4.69) is 10.3 Å². The van der Waals surface area contributed by atoms with Gasteiger partial charge in [-0.05, 0) is 12.8 Å². The van der Waals surface area contributed by atoms with Crippen LogP contribution in [-0.4, -0.2) is 29.0 Å². The number of nitrogens with zero attached hydrogens (tertiary/aromatic N) is 2. The fraction of sp³-hybridized carbons (Fsp3) is 0.538. The molecule has 1 spiro atoms. The first-order valence-electron chi connectivity index (χ1n) is 6.45. The van der Waals surface area contributed by atoms with Crippen LogP contribution >= 0.6 is 11.6 Å². The van der Waals surface area contributed by atoms with Crippen molar-refractivity contribution in [2.24, 2.45) is 5.41 Å². The highest BCUT2D eigenvalue weighted by Gasteiger charge is 2.46. The summed E-state index contributed by atoms with van der Waals surface area (Å²) < 4.78 is 13.2. The molecule has 2 amide bonds. The molecule has 0 bridgehead atoms. The molecule has 0 aromatic carbocycles. The van der Waals surface area contributed by atoms with Gasteiger partial charge in [0, 0.05) is 24.6 Å². The third-order valence-electron chi connectivity index (χ3n) is 4.05. The maximum absolute atomic E-state index is 13.2. The largest absolute Gasteiger partial charge is 0.323 e. The van der Waals surface area contributed by atoms with Crippen LogP contribution in [0.1, 0.15) is 25.7 Å². The molecular weight excluding hydrogens is 269 g/mol. The number of carbonyl (C=O) groups excluding carboxylic acids is 1. The lowest BCUT2D eigenvalue weighted by Crippen LogP contribution is -2.58. The van der Waals surface area contributed by atoms with Crippen LogP contribution in [0.25, 0.3) is 0 Å². The molecule has 0 radical (unpaired) electrons. The number of anilines is 1. The second-order valence-corrected chi connectivity index (χ2v) is 5.85. The van der Waals surface area contributed by atoms with Gasteiger partial charge in [0.05, 0.1) is 11.9 Å². The van der Waals surface area contributed by atoms with E-state index in [0.29, 0.717) is 11.1 Å². The lowest BCUT2D eigenvalue weighted by molar-refractivity contribution is 0.0430. The zero-order chi connectivity index (χ0) is 13.5. The molecule has 3 rings (SSSR count). The number of hydrogen-bond donors (Lipinski definition) is 1. The predicted molar refractivity (Wildman–Crippen MR) is 70.7 cm³/mol. The SMILES string of the molecule is O=C(Nc1cnc(Cl)c(F)c1)N1CC2(CCCC2)C1. The fourth-order valence-corrected chi connectivity index (χ4v) is 3.14.